The average Bonchev–Trinajstić information content (AvgIpc) is 2.95. The normalized spacial score (nSPS) is 31.1. The molecule has 2 aliphatic carbocycles. The molecule has 98 valence electrons. The smallest absolute Gasteiger partial charge is 0.234 e. The van der Waals surface area contributed by atoms with Crippen LogP contribution in [-0.2, 0) is 4.79 Å². The predicted molar refractivity (Wildman–Crippen MR) is 69.8 cm³/mol. The minimum absolute atomic E-state index is 0.168. The second-order valence-corrected chi connectivity index (χ2v) is 5.74. The Morgan fingerprint density at radius 3 is 2.53 bits per heavy atom. The summed E-state index contributed by atoms with van der Waals surface area (Å²) in [6.45, 7) is 4.75. The molecule has 0 aliphatic heterocycles. The van der Waals surface area contributed by atoms with Gasteiger partial charge in [-0.2, -0.15) is 0 Å². The standard InChI is InChI=1S/C14H26N2O/c1-3-12(4-2)16-14(17)9-15-13-8-10-5-6-11(13)7-10/h10-13,15H,3-9H2,1-2H3,(H,16,17). The first-order chi connectivity index (χ1) is 8.22. The van der Waals surface area contributed by atoms with E-state index in [2.05, 4.69) is 24.5 Å². The van der Waals surface area contributed by atoms with Crippen molar-refractivity contribution < 1.29 is 4.79 Å². The zero-order valence-corrected chi connectivity index (χ0v) is 11.2. The van der Waals surface area contributed by atoms with E-state index in [1.807, 2.05) is 0 Å². The molecule has 0 radical (unpaired) electrons. The lowest BCUT2D eigenvalue weighted by molar-refractivity contribution is -0.121. The van der Waals surface area contributed by atoms with Crippen LogP contribution >= 0.6 is 0 Å². The van der Waals surface area contributed by atoms with E-state index in [0.29, 0.717) is 18.6 Å². The van der Waals surface area contributed by atoms with Crippen LogP contribution < -0.4 is 10.6 Å². The molecular formula is C14H26N2O. The molecule has 3 nitrogen and oxygen atoms in total. The Labute approximate surface area is 105 Å². The Balaban J connectivity index is 1.66. The van der Waals surface area contributed by atoms with Crippen molar-refractivity contribution in [3.8, 4) is 0 Å². The highest BCUT2D eigenvalue weighted by Gasteiger charge is 2.39. The molecule has 3 heteroatoms. The lowest BCUT2D eigenvalue weighted by atomic mass is 9.95. The number of carbonyl (C=O) groups is 1. The third kappa shape index (κ3) is 3.21. The molecule has 0 saturated heterocycles. The number of amides is 1. The number of rotatable bonds is 6. The molecule has 2 N–H and O–H groups in total. The van der Waals surface area contributed by atoms with Crippen LogP contribution in [0.4, 0.5) is 0 Å². The van der Waals surface area contributed by atoms with Gasteiger partial charge in [-0.15, -0.1) is 0 Å². The Morgan fingerprint density at radius 2 is 2.00 bits per heavy atom. The highest BCUT2D eigenvalue weighted by atomic mass is 16.1. The summed E-state index contributed by atoms with van der Waals surface area (Å²) in [4.78, 5) is 11.8. The summed E-state index contributed by atoms with van der Waals surface area (Å²) in [5.41, 5.74) is 0. The van der Waals surface area contributed by atoms with Crippen molar-refractivity contribution in [2.24, 2.45) is 11.8 Å². The highest BCUT2D eigenvalue weighted by Crippen LogP contribution is 2.44. The molecule has 0 aromatic rings. The lowest BCUT2D eigenvalue weighted by Gasteiger charge is -2.23. The van der Waals surface area contributed by atoms with Crippen molar-refractivity contribution in [1.82, 2.24) is 10.6 Å². The van der Waals surface area contributed by atoms with Gasteiger partial charge in [0.1, 0.15) is 0 Å². The first-order valence-corrected chi connectivity index (χ1v) is 7.25. The molecule has 0 aromatic heterocycles. The minimum Gasteiger partial charge on any atom is -0.352 e. The molecule has 0 aromatic carbocycles. The average molecular weight is 238 g/mol. The quantitative estimate of drug-likeness (QED) is 0.744. The van der Waals surface area contributed by atoms with Crippen molar-refractivity contribution >= 4 is 5.91 Å². The van der Waals surface area contributed by atoms with Crippen LogP contribution in [0.15, 0.2) is 0 Å². The molecule has 2 fully saturated rings. The SMILES string of the molecule is CCC(CC)NC(=O)CNC1CC2CCC1C2. The summed E-state index contributed by atoms with van der Waals surface area (Å²) in [5.74, 6) is 1.96. The number of carbonyl (C=O) groups excluding carboxylic acids is 1. The summed E-state index contributed by atoms with van der Waals surface area (Å²) in [6.07, 6.45) is 7.53. The van der Waals surface area contributed by atoms with E-state index in [-0.39, 0.29) is 5.91 Å². The molecule has 2 aliphatic rings. The number of hydrogen-bond acceptors (Lipinski definition) is 2. The van der Waals surface area contributed by atoms with Crippen LogP contribution in [-0.4, -0.2) is 24.5 Å². The molecule has 3 unspecified atom stereocenters. The largest absolute Gasteiger partial charge is 0.352 e. The fraction of sp³-hybridized carbons (Fsp3) is 0.929. The fourth-order valence-corrected chi connectivity index (χ4v) is 3.49. The topological polar surface area (TPSA) is 41.1 Å². The summed E-state index contributed by atoms with van der Waals surface area (Å²) in [5, 5.41) is 6.54. The molecule has 0 heterocycles. The Bertz CT molecular complexity index is 263. The third-order valence-corrected chi connectivity index (χ3v) is 4.61. The molecule has 2 rings (SSSR count). The monoisotopic (exact) mass is 238 g/mol. The summed E-state index contributed by atoms with van der Waals surface area (Å²) in [7, 11) is 0. The van der Waals surface area contributed by atoms with Gasteiger partial charge in [-0.25, -0.2) is 0 Å². The highest BCUT2D eigenvalue weighted by molar-refractivity contribution is 5.78. The zero-order chi connectivity index (χ0) is 12.3. The number of nitrogens with one attached hydrogen (secondary N) is 2. The van der Waals surface area contributed by atoms with Gasteiger partial charge >= 0.3 is 0 Å². The second kappa shape index (κ2) is 5.85. The van der Waals surface area contributed by atoms with Crippen molar-refractivity contribution in [3.63, 3.8) is 0 Å². The lowest BCUT2D eigenvalue weighted by Crippen LogP contribution is -2.44. The Morgan fingerprint density at radius 1 is 1.24 bits per heavy atom. The van der Waals surface area contributed by atoms with Gasteiger partial charge in [0.2, 0.25) is 5.91 Å². The molecule has 0 spiro atoms. The minimum atomic E-state index is 0.168. The van der Waals surface area contributed by atoms with E-state index >= 15 is 0 Å². The predicted octanol–water partition coefficient (Wildman–Crippen LogP) is 2.07. The second-order valence-electron chi connectivity index (χ2n) is 5.74. The first-order valence-electron chi connectivity index (χ1n) is 7.25. The maximum Gasteiger partial charge on any atom is 0.234 e. The van der Waals surface area contributed by atoms with Gasteiger partial charge in [0.05, 0.1) is 6.54 Å². The van der Waals surface area contributed by atoms with Crippen molar-refractivity contribution in [2.45, 2.75) is 64.5 Å². The van der Waals surface area contributed by atoms with Gasteiger partial charge in [0, 0.05) is 12.1 Å². The van der Waals surface area contributed by atoms with Crippen LogP contribution in [0.25, 0.3) is 0 Å². The van der Waals surface area contributed by atoms with Gasteiger partial charge in [-0.3, -0.25) is 4.79 Å². The first kappa shape index (κ1) is 12.9. The van der Waals surface area contributed by atoms with E-state index in [4.69, 9.17) is 0 Å². The Hall–Kier alpha value is -0.570. The van der Waals surface area contributed by atoms with Gasteiger partial charge in [-0.1, -0.05) is 20.3 Å². The van der Waals surface area contributed by atoms with Crippen LogP contribution in [0.2, 0.25) is 0 Å². The van der Waals surface area contributed by atoms with Crippen LogP contribution in [0.3, 0.4) is 0 Å². The summed E-state index contributed by atoms with van der Waals surface area (Å²) in [6, 6.07) is 0.963. The van der Waals surface area contributed by atoms with Crippen molar-refractivity contribution in [3.05, 3.63) is 0 Å². The van der Waals surface area contributed by atoms with E-state index in [0.717, 1.165) is 24.7 Å². The molecule has 17 heavy (non-hydrogen) atoms. The summed E-state index contributed by atoms with van der Waals surface area (Å²) < 4.78 is 0. The third-order valence-electron chi connectivity index (χ3n) is 4.61. The van der Waals surface area contributed by atoms with Crippen LogP contribution in [0.5, 0.6) is 0 Å². The fourth-order valence-electron chi connectivity index (χ4n) is 3.49. The molecule has 3 atom stereocenters. The van der Waals surface area contributed by atoms with Crippen molar-refractivity contribution in [1.29, 1.82) is 0 Å². The van der Waals surface area contributed by atoms with Crippen molar-refractivity contribution in [2.75, 3.05) is 6.54 Å². The molecule has 2 saturated carbocycles. The Kier molecular flexibility index (Phi) is 4.43. The number of hydrogen-bond donors (Lipinski definition) is 2. The molecular weight excluding hydrogens is 212 g/mol. The van der Waals surface area contributed by atoms with E-state index in [9.17, 15) is 4.79 Å². The number of fused-ring (bicyclic) bond motifs is 2. The van der Waals surface area contributed by atoms with E-state index < -0.39 is 0 Å². The maximum atomic E-state index is 11.8. The van der Waals surface area contributed by atoms with E-state index in [1.54, 1.807) is 0 Å². The summed E-state index contributed by atoms with van der Waals surface area (Å²) >= 11 is 0. The van der Waals surface area contributed by atoms with Gasteiger partial charge in [0.15, 0.2) is 0 Å². The van der Waals surface area contributed by atoms with Crippen LogP contribution in [0.1, 0.15) is 52.4 Å². The van der Waals surface area contributed by atoms with Gasteiger partial charge in [0.25, 0.3) is 0 Å². The van der Waals surface area contributed by atoms with E-state index in [1.165, 1.54) is 25.7 Å². The molecule has 1 amide bonds. The van der Waals surface area contributed by atoms with Gasteiger partial charge in [-0.05, 0) is 43.9 Å². The maximum absolute atomic E-state index is 11.8. The zero-order valence-electron chi connectivity index (χ0n) is 11.2. The molecule has 2 bridgehead atoms. The van der Waals surface area contributed by atoms with Crippen LogP contribution in [0, 0.1) is 11.8 Å². The van der Waals surface area contributed by atoms with Gasteiger partial charge < -0.3 is 10.6 Å².